The fourth-order valence-electron chi connectivity index (χ4n) is 6.62. The van der Waals surface area contributed by atoms with Crippen molar-refractivity contribution in [2.75, 3.05) is 13.2 Å². The van der Waals surface area contributed by atoms with E-state index in [1.54, 1.807) is 26.1 Å². The second-order valence-electron chi connectivity index (χ2n) is 12.0. The van der Waals surface area contributed by atoms with E-state index in [4.69, 9.17) is 14.2 Å². The van der Waals surface area contributed by atoms with Crippen molar-refractivity contribution in [3.8, 4) is 22.8 Å². The molecule has 6 rings (SSSR count). The molecule has 0 amide bonds. The number of hydrogen-bond acceptors (Lipinski definition) is 6. The van der Waals surface area contributed by atoms with Gasteiger partial charge in [0.1, 0.15) is 12.4 Å². The van der Waals surface area contributed by atoms with Crippen LogP contribution >= 0.6 is 0 Å². The summed E-state index contributed by atoms with van der Waals surface area (Å²) in [4.78, 5) is 16.3. The first kappa shape index (κ1) is 30.2. The molecule has 44 heavy (non-hydrogen) atoms. The van der Waals surface area contributed by atoms with Gasteiger partial charge < -0.3 is 19.3 Å². The van der Waals surface area contributed by atoms with Gasteiger partial charge in [-0.25, -0.2) is 18.2 Å². The molecule has 0 aliphatic heterocycles. The van der Waals surface area contributed by atoms with Crippen LogP contribution in [0.25, 0.3) is 11.1 Å². The van der Waals surface area contributed by atoms with Crippen molar-refractivity contribution in [3.05, 3.63) is 76.2 Å². The number of benzene rings is 2. The van der Waals surface area contributed by atoms with Crippen LogP contribution in [0.4, 0.5) is 26.3 Å². The molecule has 0 spiro atoms. The summed E-state index contributed by atoms with van der Waals surface area (Å²) in [5.41, 5.74) is -1.83. The molecule has 1 N–H and O–H groups in total. The second-order valence-corrected chi connectivity index (χ2v) is 12.0. The lowest BCUT2D eigenvalue weighted by molar-refractivity contribution is -0.145. The lowest BCUT2D eigenvalue weighted by Gasteiger charge is -2.40. The van der Waals surface area contributed by atoms with Crippen molar-refractivity contribution in [3.63, 3.8) is 0 Å². The number of halogens is 6. The van der Waals surface area contributed by atoms with Crippen LogP contribution in [0.15, 0.2) is 36.5 Å². The number of nitrogens with zero attached hydrogens (tertiary/aromatic N) is 1. The predicted molar refractivity (Wildman–Crippen MR) is 144 cm³/mol. The van der Waals surface area contributed by atoms with Gasteiger partial charge in [-0.3, -0.25) is 4.79 Å². The molecule has 0 saturated heterocycles. The molecule has 3 aromatic rings. The molecule has 2 aromatic carbocycles. The van der Waals surface area contributed by atoms with Gasteiger partial charge >= 0.3 is 12.1 Å². The summed E-state index contributed by atoms with van der Waals surface area (Å²) in [6.45, 7) is 3.10. The first-order valence-electron chi connectivity index (χ1n) is 14.3. The number of ether oxygens (including phenoxy) is 3. The molecule has 3 unspecified atom stereocenters. The van der Waals surface area contributed by atoms with Crippen molar-refractivity contribution in [1.82, 2.24) is 4.98 Å². The van der Waals surface area contributed by atoms with Crippen LogP contribution in [0.5, 0.6) is 11.6 Å². The van der Waals surface area contributed by atoms with Crippen molar-refractivity contribution < 1.29 is 50.5 Å². The Morgan fingerprint density at radius 3 is 2.39 bits per heavy atom. The van der Waals surface area contributed by atoms with Crippen LogP contribution < -0.4 is 9.47 Å². The highest BCUT2D eigenvalue weighted by molar-refractivity contribution is 5.79. The maximum atomic E-state index is 14.9. The van der Waals surface area contributed by atoms with Crippen LogP contribution in [-0.4, -0.2) is 34.9 Å². The third kappa shape index (κ3) is 5.71. The van der Waals surface area contributed by atoms with Gasteiger partial charge in [-0.15, -0.1) is 0 Å². The molecule has 0 radical (unpaired) electrons. The highest BCUT2D eigenvalue weighted by Gasteiger charge is 2.60. The first-order chi connectivity index (χ1) is 20.8. The van der Waals surface area contributed by atoms with Gasteiger partial charge in [0.05, 0.1) is 30.3 Å². The normalized spacial score (nSPS) is 25.1. The van der Waals surface area contributed by atoms with Crippen LogP contribution in [0.3, 0.4) is 0 Å². The van der Waals surface area contributed by atoms with E-state index in [0.29, 0.717) is 38.0 Å². The molecule has 12 heteroatoms. The van der Waals surface area contributed by atoms with Gasteiger partial charge in [0, 0.05) is 23.7 Å². The van der Waals surface area contributed by atoms with Crippen molar-refractivity contribution in [1.29, 1.82) is 0 Å². The van der Waals surface area contributed by atoms with Crippen molar-refractivity contribution in [2.45, 2.75) is 57.4 Å². The lowest BCUT2D eigenvalue weighted by Crippen LogP contribution is -2.43. The van der Waals surface area contributed by atoms with Crippen molar-refractivity contribution >= 4 is 5.97 Å². The SMILES string of the molecule is CCOC(=O)C1C2Cc3cc(OCc4cc(-c5cc(F)c(OCC6CC(C)(O)C6)c(F)c5)c(C(F)(F)F)cc4F)ncc3C21. The Kier molecular flexibility index (Phi) is 7.54. The maximum absolute atomic E-state index is 14.9. The van der Waals surface area contributed by atoms with Gasteiger partial charge in [-0.1, -0.05) is 0 Å². The summed E-state index contributed by atoms with van der Waals surface area (Å²) in [5.74, 6) is -4.70. The average Bonchev–Trinajstić information content (AvgIpc) is 3.51. The Hall–Kier alpha value is -3.80. The summed E-state index contributed by atoms with van der Waals surface area (Å²) in [5, 5.41) is 9.83. The number of rotatable bonds is 9. The topological polar surface area (TPSA) is 77.9 Å². The molecule has 3 aliphatic rings. The van der Waals surface area contributed by atoms with Gasteiger partial charge in [0.2, 0.25) is 5.88 Å². The molecular weight excluding hydrogens is 592 g/mol. The van der Waals surface area contributed by atoms with E-state index in [1.807, 2.05) is 0 Å². The number of aliphatic hydroxyl groups is 1. The summed E-state index contributed by atoms with van der Waals surface area (Å²) < 4.78 is 102. The number of fused-ring (bicyclic) bond motifs is 3. The van der Waals surface area contributed by atoms with Gasteiger partial charge in [-0.05, 0) is 91.5 Å². The fourth-order valence-corrected chi connectivity index (χ4v) is 6.62. The highest BCUT2D eigenvalue weighted by Crippen LogP contribution is 2.62. The van der Waals surface area contributed by atoms with E-state index in [9.17, 15) is 36.2 Å². The minimum atomic E-state index is -5.03. The number of pyridine rings is 1. The van der Waals surface area contributed by atoms with Crippen LogP contribution in [0, 0.1) is 35.2 Å². The minimum Gasteiger partial charge on any atom is -0.487 e. The molecule has 6 nitrogen and oxygen atoms in total. The number of carbonyl (C=O) groups is 1. The Labute approximate surface area is 249 Å². The summed E-state index contributed by atoms with van der Waals surface area (Å²) in [6, 6.07) is 4.20. The van der Waals surface area contributed by atoms with E-state index in [2.05, 4.69) is 4.98 Å². The highest BCUT2D eigenvalue weighted by atomic mass is 19.4. The van der Waals surface area contributed by atoms with E-state index in [0.717, 1.165) is 17.2 Å². The molecular formula is C32H29F6NO5. The van der Waals surface area contributed by atoms with Crippen LogP contribution in [-0.2, 0) is 28.7 Å². The van der Waals surface area contributed by atoms with E-state index >= 15 is 0 Å². The predicted octanol–water partition coefficient (Wildman–Crippen LogP) is 6.75. The molecule has 2 saturated carbocycles. The summed E-state index contributed by atoms with van der Waals surface area (Å²) in [7, 11) is 0. The Morgan fingerprint density at radius 2 is 1.75 bits per heavy atom. The maximum Gasteiger partial charge on any atom is 0.417 e. The Morgan fingerprint density at radius 1 is 1.05 bits per heavy atom. The third-order valence-electron chi connectivity index (χ3n) is 8.64. The molecule has 3 atom stereocenters. The average molecular weight is 622 g/mol. The van der Waals surface area contributed by atoms with Gasteiger partial charge in [-0.2, -0.15) is 13.2 Å². The quantitative estimate of drug-likeness (QED) is 0.210. The first-order valence-corrected chi connectivity index (χ1v) is 14.3. The Balaban J connectivity index is 1.20. The standard InChI is InChI=1S/C32H29F6NO5/c1-3-42-30(40)28-20-4-16-8-26(39-12-21(16)27(20)28)43-14-18-5-19(22(9-23(18)33)32(36,37)38)17-6-24(34)29(25(35)7-17)44-13-15-10-31(2,41)11-15/h5-9,12,15,20,27-28,41H,3-4,10-11,13-14H2,1-2H3. The summed E-state index contributed by atoms with van der Waals surface area (Å²) in [6.07, 6.45) is -2.06. The molecule has 1 aromatic heterocycles. The third-order valence-corrected chi connectivity index (χ3v) is 8.64. The smallest absolute Gasteiger partial charge is 0.417 e. The number of hydrogen-bond donors (Lipinski definition) is 1. The van der Waals surface area contributed by atoms with Crippen LogP contribution in [0.2, 0.25) is 0 Å². The lowest BCUT2D eigenvalue weighted by atomic mass is 9.73. The minimum absolute atomic E-state index is 0.0210. The number of esters is 1. The zero-order valence-electron chi connectivity index (χ0n) is 23.8. The molecule has 234 valence electrons. The number of carbonyl (C=O) groups excluding carboxylic acids is 1. The second kappa shape index (κ2) is 11.0. The van der Waals surface area contributed by atoms with Crippen LogP contribution in [0.1, 0.15) is 54.9 Å². The van der Waals surface area contributed by atoms with Gasteiger partial charge in [0.25, 0.3) is 0 Å². The largest absolute Gasteiger partial charge is 0.487 e. The van der Waals surface area contributed by atoms with E-state index in [1.165, 1.54) is 0 Å². The molecule has 3 aliphatic carbocycles. The molecule has 2 fully saturated rings. The van der Waals surface area contributed by atoms with E-state index < -0.39 is 58.3 Å². The molecule has 0 bridgehead atoms. The number of aromatic nitrogens is 1. The monoisotopic (exact) mass is 621 g/mol. The summed E-state index contributed by atoms with van der Waals surface area (Å²) >= 11 is 0. The fraction of sp³-hybridized carbons (Fsp3) is 0.438. The molecule has 1 heterocycles. The van der Waals surface area contributed by atoms with Crippen molar-refractivity contribution in [2.24, 2.45) is 17.8 Å². The van der Waals surface area contributed by atoms with Gasteiger partial charge in [0.15, 0.2) is 17.4 Å². The zero-order chi connectivity index (χ0) is 31.6. The van der Waals surface area contributed by atoms with E-state index in [-0.39, 0.29) is 53.8 Å². The zero-order valence-corrected chi connectivity index (χ0v) is 23.8. The Bertz CT molecular complexity index is 1590. The number of alkyl halides is 3.